The molecule has 0 saturated heterocycles. The monoisotopic (exact) mass is 307 g/mol. The molecule has 1 N–H and O–H groups in total. The zero-order chi connectivity index (χ0) is 14.6. The Labute approximate surface area is 116 Å². The molecule has 1 rings (SSSR count). The number of nitrogens with zero attached hydrogens (tertiary/aromatic N) is 1. The van der Waals surface area contributed by atoms with E-state index in [0.717, 1.165) is 4.31 Å². The molecule has 1 aromatic rings. The highest BCUT2D eigenvalue weighted by molar-refractivity contribution is 7.89. The molecule has 0 unspecified atom stereocenters. The third-order valence-corrected chi connectivity index (χ3v) is 4.36. The van der Waals surface area contributed by atoms with E-state index in [1.54, 1.807) is 6.92 Å². The second-order valence-electron chi connectivity index (χ2n) is 3.68. The fourth-order valence-electron chi connectivity index (χ4n) is 1.37. The highest BCUT2D eigenvalue weighted by atomic mass is 35.5. The van der Waals surface area contributed by atoms with Gasteiger partial charge in [0.25, 0.3) is 0 Å². The van der Waals surface area contributed by atoms with E-state index in [0.29, 0.717) is 12.4 Å². The van der Waals surface area contributed by atoms with Crippen LogP contribution in [0.25, 0.3) is 0 Å². The molecule has 0 fully saturated rings. The predicted molar refractivity (Wildman–Crippen MR) is 70.1 cm³/mol. The number of hydrogen-bond acceptors (Lipinski definition) is 4. The maximum Gasteiger partial charge on any atom is 0.318 e. The minimum atomic E-state index is -3.88. The van der Waals surface area contributed by atoms with E-state index < -0.39 is 22.5 Å². The lowest BCUT2D eigenvalue weighted by Gasteiger charge is -2.15. The molecule has 19 heavy (non-hydrogen) atoms. The number of hydrogen-bond donors (Lipinski definition) is 1. The van der Waals surface area contributed by atoms with Crippen molar-refractivity contribution in [2.24, 2.45) is 0 Å². The summed E-state index contributed by atoms with van der Waals surface area (Å²) in [4.78, 5) is 10.5. The lowest BCUT2D eigenvalue weighted by atomic mass is 10.3. The number of ether oxygens (including phenoxy) is 1. The van der Waals surface area contributed by atoms with E-state index in [2.05, 4.69) is 0 Å². The summed E-state index contributed by atoms with van der Waals surface area (Å²) in [5.41, 5.74) is 0. The molecule has 0 aromatic heterocycles. The van der Waals surface area contributed by atoms with E-state index in [-0.39, 0.29) is 9.92 Å². The van der Waals surface area contributed by atoms with Crippen molar-refractivity contribution in [2.75, 3.05) is 20.2 Å². The van der Waals surface area contributed by atoms with Crippen molar-refractivity contribution < 1.29 is 23.1 Å². The van der Waals surface area contributed by atoms with Gasteiger partial charge >= 0.3 is 5.97 Å². The first kappa shape index (κ1) is 15.7. The number of carbonyl (C=O) groups is 1. The molecule has 106 valence electrons. The summed E-state index contributed by atoms with van der Waals surface area (Å²) in [6.07, 6.45) is 0. The van der Waals surface area contributed by atoms with Gasteiger partial charge in [-0.25, -0.2) is 8.42 Å². The standard InChI is InChI=1S/C11H14ClNO5S/c1-3-18-10-5-4-8(6-9(10)12)19(16,17)13(2)7-11(14)15/h4-6H,3,7H2,1-2H3,(H,14,15). The average Bonchev–Trinajstić information content (AvgIpc) is 2.31. The van der Waals surface area contributed by atoms with Gasteiger partial charge in [-0.2, -0.15) is 4.31 Å². The second-order valence-corrected chi connectivity index (χ2v) is 6.13. The Hall–Kier alpha value is -1.31. The third kappa shape index (κ3) is 3.82. The van der Waals surface area contributed by atoms with Crippen LogP contribution in [-0.2, 0) is 14.8 Å². The van der Waals surface area contributed by atoms with Gasteiger partial charge in [-0.05, 0) is 25.1 Å². The van der Waals surface area contributed by atoms with Crippen LogP contribution in [0.4, 0.5) is 0 Å². The van der Waals surface area contributed by atoms with Crippen LogP contribution < -0.4 is 4.74 Å². The lowest BCUT2D eigenvalue weighted by Crippen LogP contribution is -2.32. The number of aliphatic carboxylic acids is 1. The Bertz CT molecular complexity index is 572. The van der Waals surface area contributed by atoms with Gasteiger partial charge in [-0.3, -0.25) is 4.79 Å². The molecule has 0 spiro atoms. The van der Waals surface area contributed by atoms with Crippen molar-refractivity contribution in [3.8, 4) is 5.75 Å². The van der Waals surface area contributed by atoms with Crippen molar-refractivity contribution in [3.05, 3.63) is 23.2 Å². The van der Waals surface area contributed by atoms with Gasteiger partial charge in [0.05, 0.1) is 16.5 Å². The summed E-state index contributed by atoms with van der Waals surface area (Å²) in [6, 6.07) is 4.00. The van der Waals surface area contributed by atoms with Crippen LogP contribution in [0.1, 0.15) is 6.92 Å². The molecule has 0 atom stereocenters. The molecular weight excluding hydrogens is 294 g/mol. The van der Waals surface area contributed by atoms with Gasteiger partial charge in [0.15, 0.2) is 0 Å². The maximum absolute atomic E-state index is 12.1. The summed E-state index contributed by atoms with van der Waals surface area (Å²) >= 11 is 5.90. The Morgan fingerprint density at radius 3 is 2.58 bits per heavy atom. The number of benzene rings is 1. The van der Waals surface area contributed by atoms with Crippen LogP contribution >= 0.6 is 11.6 Å². The molecule has 1 aromatic carbocycles. The number of sulfonamides is 1. The Balaban J connectivity index is 3.09. The summed E-state index contributed by atoms with van der Waals surface area (Å²) in [5.74, 6) is -0.855. The van der Waals surface area contributed by atoms with Gasteiger partial charge < -0.3 is 9.84 Å². The smallest absolute Gasteiger partial charge is 0.318 e. The van der Waals surface area contributed by atoms with Crippen molar-refractivity contribution >= 4 is 27.6 Å². The predicted octanol–water partition coefficient (Wildman–Crippen LogP) is 1.44. The number of likely N-dealkylation sites (N-methyl/N-ethyl adjacent to an activating group) is 1. The van der Waals surface area contributed by atoms with Gasteiger partial charge in [-0.1, -0.05) is 11.6 Å². The third-order valence-electron chi connectivity index (χ3n) is 2.27. The summed E-state index contributed by atoms with van der Waals surface area (Å²) in [5, 5.41) is 8.77. The minimum absolute atomic E-state index is 0.0790. The van der Waals surface area contributed by atoms with Crippen molar-refractivity contribution in [1.82, 2.24) is 4.31 Å². The topological polar surface area (TPSA) is 83.9 Å². The number of carboxylic acid groups (broad SMARTS) is 1. The van der Waals surface area contributed by atoms with E-state index in [9.17, 15) is 13.2 Å². The molecule has 6 nitrogen and oxygen atoms in total. The lowest BCUT2D eigenvalue weighted by molar-refractivity contribution is -0.137. The molecule has 0 amide bonds. The molecule has 0 heterocycles. The van der Waals surface area contributed by atoms with Gasteiger partial charge in [0, 0.05) is 7.05 Å². The van der Waals surface area contributed by atoms with Crippen LogP contribution in [0.2, 0.25) is 5.02 Å². The molecule has 0 aliphatic heterocycles. The molecule has 0 radical (unpaired) electrons. The van der Waals surface area contributed by atoms with Crippen LogP contribution in [-0.4, -0.2) is 44.0 Å². The van der Waals surface area contributed by atoms with Crippen molar-refractivity contribution in [2.45, 2.75) is 11.8 Å². The summed E-state index contributed by atoms with van der Waals surface area (Å²) < 4.78 is 30.0. The van der Waals surface area contributed by atoms with Crippen LogP contribution in [0.15, 0.2) is 23.1 Å². The SMILES string of the molecule is CCOc1ccc(S(=O)(=O)N(C)CC(=O)O)cc1Cl. The quantitative estimate of drug-likeness (QED) is 0.860. The Morgan fingerprint density at radius 2 is 2.11 bits per heavy atom. The summed E-state index contributed by atoms with van der Waals surface area (Å²) in [7, 11) is -2.69. The molecule has 8 heteroatoms. The van der Waals surface area contributed by atoms with Crippen LogP contribution in [0, 0.1) is 0 Å². The average molecular weight is 308 g/mol. The maximum atomic E-state index is 12.1. The first-order valence-corrected chi connectivity index (χ1v) is 7.21. The van der Waals surface area contributed by atoms with E-state index in [1.165, 1.54) is 25.2 Å². The molecule has 0 aliphatic carbocycles. The molecule has 0 aliphatic rings. The van der Waals surface area contributed by atoms with Crippen LogP contribution in [0.5, 0.6) is 5.75 Å². The first-order valence-electron chi connectivity index (χ1n) is 5.39. The number of carboxylic acids is 1. The highest BCUT2D eigenvalue weighted by Gasteiger charge is 2.23. The van der Waals surface area contributed by atoms with Crippen LogP contribution in [0.3, 0.4) is 0 Å². The molecule has 0 bridgehead atoms. The Morgan fingerprint density at radius 1 is 1.47 bits per heavy atom. The van der Waals surface area contributed by atoms with Gasteiger partial charge in [-0.15, -0.1) is 0 Å². The fourth-order valence-corrected chi connectivity index (χ4v) is 2.82. The minimum Gasteiger partial charge on any atom is -0.492 e. The largest absolute Gasteiger partial charge is 0.492 e. The van der Waals surface area contributed by atoms with E-state index in [4.69, 9.17) is 21.4 Å². The molecular formula is C11H14ClNO5S. The summed E-state index contributed by atoms with van der Waals surface area (Å²) in [6.45, 7) is 1.57. The molecule has 0 saturated carbocycles. The fraction of sp³-hybridized carbons (Fsp3) is 0.364. The van der Waals surface area contributed by atoms with Gasteiger partial charge in [0.2, 0.25) is 10.0 Å². The van der Waals surface area contributed by atoms with Crippen molar-refractivity contribution in [3.63, 3.8) is 0 Å². The second kappa shape index (κ2) is 6.23. The zero-order valence-electron chi connectivity index (χ0n) is 10.5. The van der Waals surface area contributed by atoms with Crippen molar-refractivity contribution in [1.29, 1.82) is 0 Å². The number of rotatable bonds is 6. The van der Waals surface area contributed by atoms with E-state index in [1.807, 2.05) is 0 Å². The first-order chi connectivity index (χ1) is 8.78. The van der Waals surface area contributed by atoms with Gasteiger partial charge in [0.1, 0.15) is 12.3 Å². The number of halogens is 1. The van der Waals surface area contributed by atoms with E-state index >= 15 is 0 Å². The Kier molecular flexibility index (Phi) is 5.16. The normalized spacial score (nSPS) is 11.6. The highest BCUT2D eigenvalue weighted by Crippen LogP contribution is 2.28. The zero-order valence-corrected chi connectivity index (χ0v) is 12.0.